The zero-order chi connectivity index (χ0) is 29.2. The fraction of sp³-hybridized carbons (Fsp3) is 0.758. The Morgan fingerprint density at radius 1 is 1.12 bits per heavy atom. The molecule has 5 aliphatic rings. The standard InChI is InChI=1S/C33H49NO7/c1-16-11-26(36)28(34-14-16)18(3)21-7-8-22-23-6-5-19-12-20(9-10-33(19,4)25(23)13-24(22)17(21)2)40-32-31(39)30(38)29(37)27(15-35)41-32/h5,7-8,16,18,20,23,25-32,34-39H,6,9-15H2,1-4H3/t16-,18-,20-,23-,25+,26-,27-,28-,29-,30+,31-,32-,33+/m0/s1. The SMILES string of the molecule is Cc1c([C@H](C)[C@@H]2NC[C@@H](C)C[C@@H]2O)ccc2c1C[C@@H]1[C@H]2CC=C2C[C@@H](O[C@H]3O[C@@H](CO)[C@H](O)[C@@H](O)[C@@H]3O)CC[C@]21C. The first-order valence-corrected chi connectivity index (χ1v) is 15.7. The molecule has 0 spiro atoms. The van der Waals surface area contributed by atoms with E-state index in [1.54, 1.807) is 0 Å². The van der Waals surface area contributed by atoms with Crippen molar-refractivity contribution >= 4 is 0 Å². The quantitative estimate of drug-likeness (QED) is 0.297. The highest BCUT2D eigenvalue weighted by Gasteiger charge is 2.52. The van der Waals surface area contributed by atoms with E-state index in [0.29, 0.717) is 17.8 Å². The number of nitrogens with one attached hydrogen (secondary N) is 1. The Kier molecular flexibility index (Phi) is 8.18. The summed E-state index contributed by atoms with van der Waals surface area (Å²) in [5.74, 6) is 1.76. The summed E-state index contributed by atoms with van der Waals surface area (Å²) in [6, 6.07) is 4.77. The molecular weight excluding hydrogens is 522 g/mol. The maximum Gasteiger partial charge on any atom is 0.186 e. The Morgan fingerprint density at radius 2 is 1.90 bits per heavy atom. The van der Waals surface area contributed by atoms with E-state index in [1.807, 2.05) is 0 Å². The van der Waals surface area contributed by atoms with Gasteiger partial charge in [0, 0.05) is 6.04 Å². The molecule has 0 radical (unpaired) electrons. The Balaban J connectivity index is 1.16. The third-order valence-corrected chi connectivity index (χ3v) is 11.6. The van der Waals surface area contributed by atoms with Crippen molar-refractivity contribution in [2.45, 2.75) is 127 Å². The summed E-state index contributed by atoms with van der Waals surface area (Å²) in [5, 5.41) is 54.8. The van der Waals surface area contributed by atoms with Gasteiger partial charge in [0.25, 0.3) is 0 Å². The fourth-order valence-electron chi connectivity index (χ4n) is 8.96. The Bertz CT molecular complexity index is 1150. The zero-order valence-corrected chi connectivity index (χ0v) is 24.9. The highest BCUT2D eigenvalue weighted by molar-refractivity contribution is 5.50. The van der Waals surface area contributed by atoms with Gasteiger partial charge in [0.1, 0.15) is 24.4 Å². The van der Waals surface area contributed by atoms with Crippen LogP contribution in [0.1, 0.15) is 87.0 Å². The summed E-state index contributed by atoms with van der Waals surface area (Å²) in [5.41, 5.74) is 7.20. The summed E-state index contributed by atoms with van der Waals surface area (Å²) in [6.07, 6.45) is 1.14. The number of fused-ring (bicyclic) bond motifs is 5. The number of rotatable bonds is 5. The van der Waals surface area contributed by atoms with Crippen molar-refractivity contribution in [3.8, 4) is 0 Å². The smallest absolute Gasteiger partial charge is 0.186 e. The lowest BCUT2D eigenvalue weighted by Crippen LogP contribution is -2.59. The molecule has 1 saturated carbocycles. The van der Waals surface area contributed by atoms with Crippen LogP contribution in [0.5, 0.6) is 0 Å². The monoisotopic (exact) mass is 571 g/mol. The number of aliphatic hydroxyl groups is 5. The van der Waals surface area contributed by atoms with Crippen LogP contribution in [0.25, 0.3) is 0 Å². The number of allylic oxidation sites excluding steroid dienone is 1. The highest BCUT2D eigenvalue weighted by Crippen LogP contribution is 2.60. The van der Waals surface area contributed by atoms with Crippen molar-refractivity contribution < 1.29 is 35.0 Å². The summed E-state index contributed by atoms with van der Waals surface area (Å²) >= 11 is 0. The van der Waals surface area contributed by atoms with Crippen LogP contribution in [0.4, 0.5) is 0 Å². The summed E-state index contributed by atoms with van der Waals surface area (Å²) in [4.78, 5) is 0. The van der Waals surface area contributed by atoms with Gasteiger partial charge in [-0.1, -0.05) is 44.6 Å². The van der Waals surface area contributed by atoms with E-state index in [0.717, 1.165) is 45.1 Å². The molecule has 2 saturated heterocycles. The highest BCUT2D eigenvalue weighted by atomic mass is 16.7. The molecule has 13 atom stereocenters. The van der Waals surface area contributed by atoms with E-state index in [1.165, 1.54) is 27.8 Å². The average molecular weight is 572 g/mol. The van der Waals surface area contributed by atoms with Crippen LogP contribution in [0.15, 0.2) is 23.8 Å². The van der Waals surface area contributed by atoms with E-state index < -0.39 is 37.3 Å². The molecule has 3 aliphatic carbocycles. The Hall–Kier alpha value is -1.36. The van der Waals surface area contributed by atoms with Gasteiger partial charge in [-0.25, -0.2) is 0 Å². The molecule has 6 rings (SSSR count). The van der Waals surface area contributed by atoms with Gasteiger partial charge in [0.05, 0.1) is 18.8 Å². The van der Waals surface area contributed by atoms with Gasteiger partial charge < -0.3 is 40.3 Å². The van der Waals surface area contributed by atoms with Gasteiger partial charge >= 0.3 is 0 Å². The minimum absolute atomic E-state index is 0.0622. The third kappa shape index (κ3) is 5.02. The molecule has 2 aliphatic heterocycles. The molecule has 3 fully saturated rings. The summed E-state index contributed by atoms with van der Waals surface area (Å²) < 4.78 is 11.8. The molecule has 0 aromatic heterocycles. The second kappa shape index (κ2) is 11.3. The minimum Gasteiger partial charge on any atom is -0.394 e. The van der Waals surface area contributed by atoms with Gasteiger partial charge in [-0.15, -0.1) is 0 Å². The number of hydrogen-bond acceptors (Lipinski definition) is 8. The lowest BCUT2D eigenvalue weighted by atomic mass is 9.57. The number of benzene rings is 1. The molecule has 8 nitrogen and oxygen atoms in total. The van der Waals surface area contributed by atoms with E-state index in [4.69, 9.17) is 9.47 Å². The van der Waals surface area contributed by atoms with Crippen molar-refractivity contribution in [1.29, 1.82) is 0 Å². The fourth-order valence-corrected chi connectivity index (χ4v) is 8.96. The first-order valence-electron chi connectivity index (χ1n) is 15.7. The van der Waals surface area contributed by atoms with E-state index in [9.17, 15) is 25.5 Å². The molecule has 1 aromatic carbocycles. The second-order valence-electron chi connectivity index (χ2n) is 14.0. The molecular formula is C33H49NO7. The first kappa shape index (κ1) is 29.7. The molecule has 0 bridgehead atoms. The maximum atomic E-state index is 10.8. The third-order valence-electron chi connectivity index (χ3n) is 11.6. The Morgan fingerprint density at radius 3 is 2.63 bits per heavy atom. The molecule has 1 aromatic rings. The predicted molar refractivity (Wildman–Crippen MR) is 154 cm³/mol. The van der Waals surface area contributed by atoms with Gasteiger partial charge in [-0.05, 0) is 103 Å². The van der Waals surface area contributed by atoms with E-state index in [-0.39, 0.29) is 29.6 Å². The van der Waals surface area contributed by atoms with Crippen LogP contribution in [0, 0.1) is 24.2 Å². The van der Waals surface area contributed by atoms with Gasteiger partial charge in [0.2, 0.25) is 0 Å². The molecule has 228 valence electrons. The van der Waals surface area contributed by atoms with Crippen molar-refractivity contribution in [2.24, 2.45) is 17.3 Å². The van der Waals surface area contributed by atoms with Crippen molar-refractivity contribution in [1.82, 2.24) is 5.32 Å². The van der Waals surface area contributed by atoms with Gasteiger partial charge in [-0.3, -0.25) is 0 Å². The number of ether oxygens (including phenoxy) is 2. The lowest BCUT2D eigenvalue weighted by molar-refractivity contribution is -0.312. The second-order valence-corrected chi connectivity index (χ2v) is 14.0. The van der Waals surface area contributed by atoms with Crippen LogP contribution in [-0.2, 0) is 15.9 Å². The van der Waals surface area contributed by atoms with Gasteiger partial charge in [0.15, 0.2) is 6.29 Å². The van der Waals surface area contributed by atoms with Crippen molar-refractivity contribution in [3.63, 3.8) is 0 Å². The number of piperidine rings is 1. The molecule has 6 N–H and O–H groups in total. The van der Waals surface area contributed by atoms with Crippen LogP contribution in [-0.4, -0.2) is 87.6 Å². The molecule has 41 heavy (non-hydrogen) atoms. The minimum atomic E-state index is -1.43. The van der Waals surface area contributed by atoms with Crippen LogP contribution < -0.4 is 5.32 Å². The topological polar surface area (TPSA) is 132 Å². The lowest BCUT2D eigenvalue weighted by Gasteiger charge is -2.50. The van der Waals surface area contributed by atoms with E-state index >= 15 is 0 Å². The first-order chi connectivity index (χ1) is 19.5. The summed E-state index contributed by atoms with van der Waals surface area (Å²) in [7, 11) is 0. The molecule has 2 heterocycles. The zero-order valence-electron chi connectivity index (χ0n) is 24.9. The van der Waals surface area contributed by atoms with E-state index in [2.05, 4.69) is 51.2 Å². The molecule has 8 heteroatoms. The normalized spacial score (nSPS) is 44.9. The number of aliphatic hydroxyl groups excluding tert-OH is 5. The Labute approximate surface area is 243 Å². The van der Waals surface area contributed by atoms with Crippen molar-refractivity contribution in [3.05, 3.63) is 46.0 Å². The predicted octanol–water partition coefficient (Wildman–Crippen LogP) is 2.42. The maximum absolute atomic E-state index is 10.8. The average Bonchev–Trinajstić information content (AvgIpc) is 3.34. The van der Waals surface area contributed by atoms with Crippen molar-refractivity contribution in [2.75, 3.05) is 13.2 Å². The van der Waals surface area contributed by atoms with Crippen LogP contribution >= 0.6 is 0 Å². The van der Waals surface area contributed by atoms with Crippen LogP contribution in [0.2, 0.25) is 0 Å². The molecule has 0 amide bonds. The molecule has 0 unspecified atom stereocenters. The summed E-state index contributed by atoms with van der Waals surface area (Å²) in [6.45, 7) is 9.63. The van der Waals surface area contributed by atoms with Gasteiger partial charge in [-0.2, -0.15) is 0 Å². The largest absolute Gasteiger partial charge is 0.394 e. The van der Waals surface area contributed by atoms with Crippen LogP contribution in [0.3, 0.4) is 0 Å². The number of hydrogen-bond donors (Lipinski definition) is 6.